The van der Waals surface area contributed by atoms with Gasteiger partial charge in [-0.05, 0) is 44.4 Å². The molecule has 0 aromatic heterocycles. The minimum atomic E-state index is -0.716. The van der Waals surface area contributed by atoms with Crippen molar-refractivity contribution in [2.75, 3.05) is 13.1 Å². The average molecular weight is 280 g/mol. The van der Waals surface area contributed by atoms with E-state index in [0.717, 1.165) is 12.8 Å². The molecule has 3 aliphatic rings. The highest BCUT2D eigenvalue weighted by atomic mass is 16.4. The first-order valence-corrected chi connectivity index (χ1v) is 7.88. The summed E-state index contributed by atoms with van der Waals surface area (Å²) in [6.45, 7) is 1.24. The van der Waals surface area contributed by atoms with Crippen molar-refractivity contribution in [3.05, 3.63) is 0 Å². The molecule has 3 aliphatic heterocycles. The number of aliphatic carboxylic acids is 1. The summed E-state index contributed by atoms with van der Waals surface area (Å²) in [5, 5.41) is 12.6. The molecule has 0 spiro atoms. The SMILES string of the molecule is O=C(O)C1CCN(C(=O)CC2CC3CCC(C2)N3)CC1. The molecule has 3 saturated heterocycles. The van der Waals surface area contributed by atoms with Crippen LogP contribution in [0.2, 0.25) is 0 Å². The maximum atomic E-state index is 12.3. The van der Waals surface area contributed by atoms with E-state index in [4.69, 9.17) is 5.11 Å². The number of carbonyl (C=O) groups excluding carboxylic acids is 1. The monoisotopic (exact) mass is 280 g/mol. The van der Waals surface area contributed by atoms with Crippen molar-refractivity contribution in [1.82, 2.24) is 10.2 Å². The van der Waals surface area contributed by atoms with Gasteiger partial charge in [0.1, 0.15) is 0 Å². The standard InChI is InChI=1S/C15H24N2O3/c18-14(17-5-3-11(4-6-17)15(19)20)9-10-7-12-1-2-13(8-10)16-12/h10-13,16H,1-9H2,(H,19,20). The Bertz CT molecular complexity index is 379. The number of nitrogens with one attached hydrogen (secondary N) is 1. The van der Waals surface area contributed by atoms with Crippen LogP contribution in [0.4, 0.5) is 0 Å². The van der Waals surface area contributed by atoms with Gasteiger partial charge in [-0.1, -0.05) is 0 Å². The molecule has 5 nitrogen and oxygen atoms in total. The highest BCUT2D eigenvalue weighted by molar-refractivity contribution is 5.77. The minimum Gasteiger partial charge on any atom is -0.481 e. The zero-order chi connectivity index (χ0) is 14.1. The molecule has 0 aromatic rings. The van der Waals surface area contributed by atoms with Crippen LogP contribution in [0, 0.1) is 11.8 Å². The van der Waals surface area contributed by atoms with Gasteiger partial charge in [0.05, 0.1) is 5.92 Å². The second kappa shape index (κ2) is 5.72. The van der Waals surface area contributed by atoms with Crippen molar-refractivity contribution < 1.29 is 14.7 Å². The van der Waals surface area contributed by atoms with Crippen molar-refractivity contribution in [2.45, 2.75) is 57.0 Å². The van der Waals surface area contributed by atoms with Gasteiger partial charge in [-0.3, -0.25) is 9.59 Å². The Morgan fingerprint density at radius 2 is 1.65 bits per heavy atom. The van der Waals surface area contributed by atoms with Crippen LogP contribution in [0.15, 0.2) is 0 Å². The molecule has 3 heterocycles. The summed E-state index contributed by atoms with van der Waals surface area (Å²) in [7, 11) is 0. The lowest BCUT2D eigenvalue weighted by atomic mass is 9.88. The summed E-state index contributed by atoms with van der Waals surface area (Å²) < 4.78 is 0. The maximum absolute atomic E-state index is 12.3. The molecule has 2 bridgehead atoms. The minimum absolute atomic E-state index is 0.236. The Balaban J connectivity index is 1.47. The normalized spacial score (nSPS) is 34.2. The van der Waals surface area contributed by atoms with Crippen LogP contribution in [-0.4, -0.2) is 47.1 Å². The number of amides is 1. The summed E-state index contributed by atoms with van der Waals surface area (Å²) in [4.78, 5) is 25.1. The van der Waals surface area contributed by atoms with Gasteiger partial charge in [-0.2, -0.15) is 0 Å². The van der Waals surface area contributed by atoms with Crippen LogP contribution in [0.5, 0.6) is 0 Å². The quantitative estimate of drug-likeness (QED) is 0.816. The third-order valence-corrected chi connectivity index (χ3v) is 5.23. The Hall–Kier alpha value is -1.10. The van der Waals surface area contributed by atoms with Crippen molar-refractivity contribution in [2.24, 2.45) is 11.8 Å². The molecule has 3 fully saturated rings. The predicted molar refractivity (Wildman–Crippen MR) is 74.2 cm³/mol. The molecular weight excluding hydrogens is 256 g/mol. The number of fused-ring (bicyclic) bond motifs is 2. The van der Waals surface area contributed by atoms with E-state index in [1.807, 2.05) is 4.90 Å². The largest absolute Gasteiger partial charge is 0.481 e. The number of nitrogens with zero attached hydrogens (tertiary/aromatic N) is 1. The van der Waals surface area contributed by atoms with Crippen LogP contribution in [-0.2, 0) is 9.59 Å². The molecule has 2 N–H and O–H groups in total. The Labute approximate surface area is 119 Å². The zero-order valence-corrected chi connectivity index (χ0v) is 11.9. The third-order valence-electron chi connectivity index (χ3n) is 5.23. The Kier molecular flexibility index (Phi) is 3.96. The number of carbonyl (C=O) groups is 2. The van der Waals surface area contributed by atoms with Crippen LogP contribution in [0.3, 0.4) is 0 Å². The van der Waals surface area contributed by atoms with Crippen molar-refractivity contribution in [3.63, 3.8) is 0 Å². The molecule has 2 atom stereocenters. The molecule has 0 aromatic carbocycles. The number of rotatable bonds is 3. The Morgan fingerprint density at radius 3 is 2.20 bits per heavy atom. The second-order valence-electron chi connectivity index (χ2n) is 6.67. The topological polar surface area (TPSA) is 69.6 Å². The maximum Gasteiger partial charge on any atom is 0.306 e. The number of piperidine rings is 2. The summed E-state index contributed by atoms with van der Waals surface area (Å²) in [6.07, 6.45) is 6.67. The van der Waals surface area contributed by atoms with E-state index in [1.165, 1.54) is 12.8 Å². The first-order valence-electron chi connectivity index (χ1n) is 7.88. The van der Waals surface area contributed by atoms with Gasteiger partial charge < -0.3 is 15.3 Å². The fourth-order valence-electron chi connectivity index (χ4n) is 4.09. The van der Waals surface area contributed by atoms with Gasteiger partial charge in [0.15, 0.2) is 0 Å². The highest BCUT2D eigenvalue weighted by Gasteiger charge is 2.35. The van der Waals surface area contributed by atoms with E-state index in [1.54, 1.807) is 0 Å². The number of hydrogen-bond donors (Lipinski definition) is 2. The first kappa shape index (κ1) is 13.9. The van der Waals surface area contributed by atoms with Crippen molar-refractivity contribution >= 4 is 11.9 Å². The lowest BCUT2D eigenvalue weighted by Crippen LogP contribution is -2.43. The fourth-order valence-corrected chi connectivity index (χ4v) is 4.09. The number of carboxylic acid groups (broad SMARTS) is 1. The highest BCUT2D eigenvalue weighted by Crippen LogP contribution is 2.33. The summed E-state index contributed by atoms with van der Waals surface area (Å²) in [6, 6.07) is 1.26. The van der Waals surface area contributed by atoms with Gasteiger partial charge in [-0.15, -0.1) is 0 Å². The van der Waals surface area contributed by atoms with E-state index in [2.05, 4.69) is 5.32 Å². The van der Waals surface area contributed by atoms with Gasteiger partial charge in [-0.25, -0.2) is 0 Å². The van der Waals surface area contributed by atoms with Crippen LogP contribution in [0.1, 0.15) is 44.9 Å². The number of likely N-dealkylation sites (tertiary alicyclic amines) is 1. The zero-order valence-electron chi connectivity index (χ0n) is 11.9. The molecule has 0 radical (unpaired) electrons. The van der Waals surface area contributed by atoms with Crippen LogP contribution >= 0.6 is 0 Å². The fraction of sp³-hybridized carbons (Fsp3) is 0.867. The van der Waals surface area contributed by atoms with E-state index in [0.29, 0.717) is 50.4 Å². The first-order chi connectivity index (χ1) is 9.61. The van der Waals surface area contributed by atoms with Crippen molar-refractivity contribution in [3.8, 4) is 0 Å². The molecule has 5 heteroatoms. The van der Waals surface area contributed by atoms with E-state index >= 15 is 0 Å². The number of carboxylic acids is 1. The predicted octanol–water partition coefficient (Wildman–Crippen LogP) is 1.23. The van der Waals surface area contributed by atoms with Gasteiger partial charge >= 0.3 is 5.97 Å². The summed E-state index contributed by atoms with van der Waals surface area (Å²) >= 11 is 0. The van der Waals surface area contributed by atoms with E-state index in [9.17, 15) is 9.59 Å². The van der Waals surface area contributed by atoms with Crippen molar-refractivity contribution in [1.29, 1.82) is 0 Å². The molecule has 112 valence electrons. The molecule has 20 heavy (non-hydrogen) atoms. The molecular formula is C15H24N2O3. The smallest absolute Gasteiger partial charge is 0.306 e. The number of hydrogen-bond acceptors (Lipinski definition) is 3. The van der Waals surface area contributed by atoms with Gasteiger partial charge in [0.2, 0.25) is 5.91 Å². The van der Waals surface area contributed by atoms with Gasteiger partial charge in [0, 0.05) is 31.6 Å². The summed E-state index contributed by atoms with van der Waals surface area (Å²) in [5.41, 5.74) is 0. The molecule has 0 aliphatic carbocycles. The third kappa shape index (κ3) is 2.97. The second-order valence-corrected chi connectivity index (χ2v) is 6.67. The molecule has 0 saturated carbocycles. The lowest BCUT2D eigenvalue weighted by molar-refractivity contribution is -0.146. The molecule has 3 rings (SSSR count). The molecule has 2 unspecified atom stereocenters. The van der Waals surface area contributed by atoms with Crippen LogP contribution in [0.25, 0.3) is 0 Å². The van der Waals surface area contributed by atoms with E-state index < -0.39 is 5.97 Å². The average Bonchev–Trinajstić information content (AvgIpc) is 2.78. The van der Waals surface area contributed by atoms with Crippen LogP contribution < -0.4 is 5.32 Å². The molecule has 1 amide bonds. The Morgan fingerprint density at radius 1 is 1.05 bits per heavy atom. The lowest BCUT2D eigenvalue weighted by Gasteiger charge is -2.33. The van der Waals surface area contributed by atoms with Gasteiger partial charge in [0.25, 0.3) is 0 Å². The summed E-state index contributed by atoms with van der Waals surface area (Å²) in [5.74, 6) is -0.209. The van der Waals surface area contributed by atoms with E-state index in [-0.39, 0.29) is 11.8 Å².